The second-order valence-electron chi connectivity index (χ2n) is 12.9. The highest BCUT2D eigenvalue weighted by atomic mass is 19.2. The zero-order valence-electron chi connectivity index (χ0n) is 21.5. The molecule has 0 saturated heterocycles. The van der Waals surface area contributed by atoms with Crippen LogP contribution in [0.3, 0.4) is 0 Å². The van der Waals surface area contributed by atoms with Crippen LogP contribution >= 0.6 is 0 Å². The fourth-order valence-corrected chi connectivity index (χ4v) is 5.72. The normalized spacial score (nSPS) is 39.2. The molecule has 0 N–H and O–H groups in total. The maximum Gasteiger partial charge on any atom is 0.145 e. The molecule has 0 heterocycles. The lowest BCUT2D eigenvalue weighted by atomic mass is 9.69. The van der Waals surface area contributed by atoms with E-state index in [4.69, 9.17) is 0 Å². The number of hydrogen-bond acceptors (Lipinski definition) is 0. The molecule has 2 heteroatoms. The van der Waals surface area contributed by atoms with Gasteiger partial charge in [0.15, 0.2) is 0 Å². The van der Waals surface area contributed by atoms with Gasteiger partial charge < -0.3 is 0 Å². The standard InChI is InChI=1S/C24H38F2.C5H12/c1-16(2)22-15-14-21(23(25)24(22)26)13-8-18-6-11-20(12-7-18)19-9-4-17(3)5-10-19;1-5(2,3)4/h16-24H,4-7,9-12,14-15H2,1-3H3;1-4H3. The smallest absolute Gasteiger partial charge is 0.145 e. The monoisotopic (exact) mass is 436 g/mol. The van der Waals surface area contributed by atoms with Gasteiger partial charge in [0.05, 0.1) is 5.92 Å². The highest BCUT2D eigenvalue weighted by Gasteiger charge is 2.40. The van der Waals surface area contributed by atoms with E-state index in [1.165, 1.54) is 51.4 Å². The summed E-state index contributed by atoms with van der Waals surface area (Å²) in [7, 11) is 0. The summed E-state index contributed by atoms with van der Waals surface area (Å²) in [6, 6.07) is 0. The van der Waals surface area contributed by atoms with Crippen LogP contribution in [0.15, 0.2) is 0 Å². The molecule has 4 atom stereocenters. The van der Waals surface area contributed by atoms with E-state index in [2.05, 4.69) is 46.5 Å². The lowest BCUT2D eigenvalue weighted by Crippen LogP contribution is -2.39. The summed E-state index contributed by atoms with van der Waals surface area (Å²) in [5.41, 5.74) is 0.500. The molecule has 0 aliphatic heterocycles. The van der Waals surface area contributed by atoms with Gasteiger partial charge in [0, 0.05) is 5.92 Å². The predicted molar refractivity (Wildman–Crippen MR) is 130 cm³/mol. The van der Waals surface area contributed by atoms with E-state index in [1.54, 1.807) is 0 Å². The average Bonchev–Trinajstić information content (AvgIpc) is 2.69. The molecule has 0 aromatic carbocycles. The van der Waals surface area contributed by atoms with Gasteiger partial charge in [-0.25, -0.2) is 8.78 Å². The first-order valence-electron chi connectivity index (χ1n) is 13.2. The molecule has 0 aromatic rings. The molecule has 3 fully saturated rings. The second-order valence-corrected chi connectivity index (χ2v) is 12.9. The van der Waals surface area contributed by atoms with Crippen molar-refractivity contribution in [2.45, 2.75) is 125 Å². The van der Waals surface area contributed by atoms with Gasteiger partial charge >= 0.3 is 0 Å². The third kappa shape index (κ3) is 9.06. The van der Waals surface area contributed by atoms with Crippen LogP contribution in [0.5, 0.6) is 0 Å². The van der Waals surface area contributed by atoms with E-state index in [0.29, 0.717) is 11.3 Å². The first-order chi connectivity index (χ1) is 14.5. The molecular formula is C29H50F2. The summed E-state index contributed by atoms with van der Waals surface area (Å²) in [6.07, 6.45) is 9.38. The molecule has 3 aliphatic carbocycles. The molecule has 180 valence electrons. The summed E-state index contributed by atoms with van der Waals surface area (Å²) in [5, 5.41) is 0. The maximum absolute atomic E-state index is 14.5. The van der Waals surface area contributed by atoms with Crippen LogP contribution in [0.1, 0.15) is 113 Å². The largest absolute Gasteiger partial charge is 0.244 e. The van der Waals surface area contributed by atoms with Crippen molar-refractivity contribution in [3.63, 3.8) is 0 Å². The van der Waals surface area contributed by atoms with Crippen LogP contribution in [0.4, 0.5) is 8.78 Å². The minimum atomic E-state index is -1.38. The fourth-order valence-electron chi connectivity index (χ4n) is 5.72. The van der Waals surface area contributed by atoms with Crippen molar-refractivity contribution in [3.8, 4) is 11.8 Å². The molecule has 3 aliphatic rings. The Hall–Kier alpha value is -0.580. The van der Waals surface area contributed by atoms with Crippen molar-refractivity contribution in [2.24, 2.45) is 46.8 Å². The Morgan fingerprint density at radius 3 is 1.65 bits per heavy atom. The van der Waals surface area contributed by atoms with Gasteiger partial charge in [0.1, 0.15) is 12.3 Å². The Kier molecular flexibility index (Phi) is 10.4. The Bertz CT molecular complexity index is 556. The molecule has 0 aromatic heterocycles. The summed E-state index contributed by atoms with van der Waals surface area (Å²) >= 11 is 0. The second kappa shape index (κ2) is 12.0. The van der Waals surface area contributed by atoms with Crippen molar-refractivity contribution < 1.29 is 8.78 Å². The van der Waals surface area contributed by atoms with Crippen LogP contribution < -0.4 is 0 Å². The van der Waals surface area contributed by atoms with Crippen molar-refractivity contribution in [3.05, 3.63) is 0 Å². The molecule has 31 heavy (non-hydrogen) atoms. The Morgan fingerprint density at radius 2 is 1.16 bits per heavy atom. The number of hydrogen-bond donors (Lipinski definition) is 0. The van der Waals surface area contributed by atoms with Gasteiger partial charge in [-0.3, -0.25) is 0 Å². The zero-order chi connectivity index (χ0) is 23.2. The highest BCUT2D eigenvalue weighted by Crippen LogP contribution is 2.41. The van der Waals surface area contributed by atoms with Crippen molar-refractivity contribution in [1.29, 1.82) is 0 Å². The van der Waals surface area contributed by atoms with Crippen LogP contribution in [-0.4, -0.2) is 12.3 Å². The van der Waals surface area contributed by atoms with Crippen molar-refractivity contribution >= 4 is 0 Å². The van der Waals surface area contributed by atoms with Gasteiger partial charge in [-0.15, -0.1) is 0 Å². The van der Waals surface area contributed by atoms with Crippen molar-refractivity contribution in [2.75, 3.05) is 0 Å². The summed E-state index contributed by atoms with van der Waals surface area (Å²) in [4.78, 5) is 0. The molecule has 4 unspecified atom stereocenters. The van der Waals surface area contributed by atoms with Gasteiger partial charge in [0.2, 0.25) is 0 Å². The summed E-state index contributed by atoms with van der Waals surface area (Å²) in [6.45, 7) is 15.1. The maximum atomic E-state index is 14.5. The number of halogens is 2. The minimum Gasteiger partial charge on any atom is -0.244 e. The Balaban J connectivity index is 0.000000614. The molecule has 0 radical (unpaired) electrons. The molecule has 0 bridgehead atoms. The molecule has 0 amide bonds. The van der Waals surface area contributed by atoms with E-state index < -0.39 is 12.3 Å². The van der Waals surface area contributed by atoms with Crippen LogP contribution in [0.2, 0.25) is 0 Å². The van der Waals surface area contributed by atoms with E-state index in [1.807, 2.05) is 13.8 Å². The van der Waals surface area contributed by atoms with Gasteiger partial charge in [-0.05, 0) is 86.4 Å². The third-order valence-corrected chi connectivity index (χ3v) is 7.74. The SMILES string of the molecule is CC(C)(C)C.CC1CCC(C2CCC(C#CC3CCC(C(C)C)C(F)C3F)CC2)CC1. The molecule has 3 rings (SSSR count). The number of rotatable bonds is 2. The van der Waals surface area contributed by atoms with E-state index >= 15 is 0 Å². The zero-order valence-corrected chi connectivity index (χ0v) is 21.5. The van der Waals surface area contributed by atoms with E-state index in [9.17, 15) is 8.78 Å². The Morgan fingerprint density at radius 1 is 0.677 bits per heavy atom. The van der Waals surface area contributed by atoms with Crippen LogP contribution in [0, 0.1) is 58.7 Å². The lowest BCUT2D eigenvalue weighted by Gasteiger charge is -2.36. The fraction of sp³-hybridized carbons (Fsp3) is 0.931. The van der Waals surface area contributed by atoms with Gasteiger partial charge in [0.25, 0.3) is 0 Å². The predicted octanol–water partition coefficient (Wildman–Crippen LogP) is 9.03. The minimum absolute atomic E-state index is 0.128. The van der Waals surface area contributed by atoms with E-state index in [0.717, 1.165) is 30.6 Å². The Labute approximate surface area is 192 Å². The highest BCUT2D eigenvalue weighted by molar-refractivity contribution is 5.12. The third-order valence-electron chi connectivity index (χ3n) is 7.74. The summed E-state index contributed by atoms with van der Waals surface area (Å²) in [5.74, 6) is 9.41. The first-order valence-corrected chi connectivity index (χ1v) is 13.2. The molecular weight excluding hydrogens is 386 g/mol. The quantitative estimate of drug-likeness (QED) is 0.379. The molecule has 0 spiro atoms. The first kappa shape index (κ1) is 26.7. The van der Waals surface area contributed by atoms with Crippen LogP contribution in [-0.2, 0) is 0 Å². The average molecular weight is 437 g/mol. The van der Waals surface area contributed by atoms with Crippen LogP contribution in [0.25, 0.3) is 0 Å². The number of alkyl halides is 2. The van der Waals surface area contributed by atoms with E-state index in [-0.39, 0.29) is 17.8 Å². The lowest BCUT2D eigenvalue weighted by molar-refractivity contribution is 0.0228. The van der Waals surface area contributed by atoms with Gasteiger partial charge in [-0.1, -0.05) is 73.1 Å². The van der Waals surface area contributed by atoms with Crippen molar-refractivity contribution in [1.82, 2.24) is 0 Å². The molecule has 0 nitrogen and oxygen atoms in total. The topological polar surface area (TPSA) is 0 Å². The summed E-state index contributed by atoms with van der Waals surface area (Å²) < 4.78 is 28.8. The molecule has 3 saturated carbocycles. The van der Waals surface area contributed by atoms with Gasteiger partial charge in [-0.2, -0.15) is 0 Å².